The molecule has 0 atom stereocenters. The van der Waals surface area contributed by atoms with Crippen LogP contribution in [0.2, 0.25) is 0 Å². The molecule has 14 heavy (non-hydrogen) atoms. The molecule has 6 nitrogen and oxygen atoms in total. The highest BCUT2D eigenvalue weighted by Crippen LogP contribution is 2.12. The largest absolute Gasteiger partial charge is 0.383 e. The van der Waals surface area contributed by atoms with Crippen molar-refractivity contribution in [2.45, 2.75) is 0 Å². The Kier molecular flexibility index (Phi) is 3.47. The third-order valence-corrected chi connectivity index (χ3v) is 1.77. The van der Waals surface area contributed by atoms with Crippen molar-refractivity contribution < 1.29 is 4.74 Å². The van der Waals surface area contributed by atoms with Crippen LogP contribution in [0.25, 0.3) is 0 Å². The Morgan fingerprint density at radius 3 is 2.71 bits per heavy atom. The van der Waals surface area contributed by atoms with Crippen molar-refractivity contribution >= 4 is 17.6 Å². The predicted molar refractivity (Wildman–Crippen MR) is 56.0 cm³/mol. The molecule has 6 heteroatoms. The molecule has 0 aliphatic rings. The number of nitrogens with zero attached hydrogens (tertiary/aromatic N) is 3. The number of nitrogens with two attached hydrogens (primary N) is 2. The molecule has 0 radical (unpaired) electrons. The molecule has 0 saturated heterocycles. The molecular formula is C8H15N5O. The maximum absolute atomic E-state index is 5.54. The summed E-state index contributed by atoms with van der Waals surface area (Å²) in [5.74, 6) is 1.26. The van der Waals surface area contributed by atoms with Crippen LogP contribution in [0.3, 0.4) is 0 Å². The van der Waals surface area contributed by atoms with Gasteiger partial charge in [-0.15, -0.1) is 0 Å². The topological polar surface area (TPSA) is 90.3 Å². The molecule has 1 rings (SSSR count). The number of hydrogen-bond donors (Lipinski definition) is 2. The second-order valence-electron chi connectivity index (χ2n) is 2.92. The molecule has 0 aromatic carbocycles. The van der Waals surface area contributed by atoms with E-state index >= 15 is 0 Å². The molecule has 1 aromatic rings. The normalized spacial score (nSPS) is 10.1. The maximum Gasteiger partial charge on any atom is 0.223 e. The number of aromatic nitrogens is 2. The van der Waals surface area contributed by atoms with Crippen LogP contribution < -0.4 is 16.4 Å². The third kappa shape index (κ3) is 2.74. The molecule has 0 fully saturated rings. The van der Waals surface area contributed by atoms with Gasteiger partial charge in [-0.05, 0) is 0 Å². The molecule has 0 aliphatic carbocycles. The highest BCUT2D eigenvalue weighted by molar-refractivity contribution is 5.49. The number of methoxy groups -OCH3 is 1. The number of ether oxygens (including phenoxy) is 1. The summed E-state index contributed by atoms with van der Waals surface area (Å²) < 4.78 is 4.95. The molecule has 0 bridgehead atoms. The first-order valence-electron chi connectivity index (χ1n) is 4.23. The van der Waals surface area contributed by atoms with E-state index in [1.807, 2.05) is 11.9 Å². The molecule has 1 aromatic heterocycles. The standard InChI is InChI=1S/C8H15N5O/c1-13(3-4-14-2)7-5-6(9)11-8(10)12-7/h5H,3-4H2,1-2H3,(H4,9,10,11,12). The lowest BCUT2D eigenvalue weighted by Crippen LogP contribution is -2.23. The summed E-state index contributed by atoms with van der Waals surface area (Å²) in [4.78, 5) is 9.73. The van der Waals surface area contributed by atoms with Gasteiger partial charge >= 0.3 is 0 Å². The minimum atomic E-state index is 0.185. The minimum absolute atomic E-state index is 0.185. The zero-order valence-corrected chi connectivity index (χ0v) is 8.40. The highest BCUT2D eigenvalue weighted by atomic mass is 16.5. The molecular weight excluding hydrogens is 182 g/mol. The molecule has 78 valence electrons. The second kappa shape index (κ2) is 4.61. The van der Waals surface area contributed by atoms with Gasteiger partial charge in [0.05, 0.1) is 6.61 Å². The fraction of sp³-hybridized carbons (Fsp3) is 0.500. The highest BCUT2D eigenvalue weighted by Gasteiger charge is 2.04. The van der Waals surface area contributed by atoms with Crippen molar-refractivity contribution in [1.82, 2.24) is 9.97 Å². The van der Waals surface area contributed by atoms with Gasteiger partial charge in [0.1, 0.15) is 11.6 Å². The van der Waals surface area contributed by atoms with E-state index in [0.717, 1.165) is 6.54 Å². The molecule has 0 amide bonds. The molecule has 0 spiro atoms. The minimum Gasteiger partial charge on any atom is -0.383 e. The molecule has 4 N–H and O–H groups in total. The molecule has 1 heterocycles. The van der Waals surface area contributed by atoms with Crippen LogP contribution in [0, 0.1) is 0 Å². The fourth-order valence-corrected chi connectivity index (χ4v) is 1.01. The Labute approximate surface area is 82.9 Å². The average molecular weight is 197 g/mol. The van der Waals surface area contributed by atoms with Gasteiger partial charge in [0.2, 0.25) is 5.95 Å². The van der Waals surface area contributed by atoms with Gasteiger partial charge in [0, 0.05) is 26.8 Å². The van der Waals surface area contributed by atoms with E-state index in [1.54, 1.807) is 13.2 Å². The van der Waals surface area contributed by atoms with Gasteiger partial charge in [-0.1, -0.05) is 0 Å². The summed E-state index contributed by atoms with van der Waals surface area (Å²) in [6.07, 6.45) is 0. The first-order chi connectivity index (χ1) is 6.63. The number of rotatable bonds is 4. The van der Waals surface area contributed by atoms with Gasteiger partial charge in [-0.3, -0.25) is 0 Å². The smallest absolute Gasteiger partial charge is 0.223 e. The van der Waals surface area contributed by atoms with Crippen LogP contribution in [-0.4, -0.2) is 37.3 Å². The lowest BCUT2D eigenvalue weighted by atomic mass is 10.4. The summed E-state index contributed by atoms with van der Waals surface area (Å²) in [6, 6.07) is 1.67. The van der Waals surface area contributed by atoms with Crippen molar-refractivity contribution in [3.63, 3.8) is 0 Å². The van der Waals surface area contributed by atoms with Crippen molar-refractivity contribution in [3.8, 4) is 0 Å². The van der Waals surface area contributed by atoms with Crippen LogP contribution in [0.1, 0.15) is 0 Å². The average Bonchev–Trinajstić information content (AvgIpc) is 2.12. The Balaban J connectivity index is 2.73. The van der Waals surface area contributed by atoms with Crippen LogP contribution in [0.4, 0.5) is 17.6 Å². The lowest BCUT2D eigenvalue weighted by molar-refractivity contribution is 0.206. The SMILES string of the molecule is COCCN(C)c1cc(N)nc(N)n1. The first-order valence-corrected chi connectivity index (χ1v) is 4.23. The Hall–Kier alpha value is -1.56. The van der Waals surface area contributed by atoms with Crippen molar-refractivity contribution in [2.75, 3.05) is 43.7 Å². The fourth-order valence-electron chi connectivity index (χ4n) is 1.01. The second-order valence-corrected chi connectivity index (χ2v) is 2.92. The molecule has 0 unspecified atom stereocenters. The van der Waals surface area contributed by atoms with Gasteiger partial charge in [-0.2, -0.15) is 9.97 Å². The van der Waals surface area contributed by atoms with Crippen LogP contribution >= 0.6 is 0 Å². The van der Waals surface area contributed by atoms with Gasteiger partial charge in [0.15, 0.2) is 0 Å². The number of likely N-dealkylation sites (N-methyl/N-ethyl adjacent to an activating group) is 1. The Morgan fingerprint density at radius 1 is 1.43 bits per heavy atom. The van der Waals surface area contributed by atoms with E-state index in [1.165, 1.54) is 0 Å². The third-order valence-electron chi connectivity index (χ3n) is 1.77. The quantitative estimate of drug-likeness (QED) is 0.690. The Bertz CT molecular complexity index is 284. The van der Waals surface area contributed by atoms with Crippen molar-refractivity contribution in [1.29, 1.82) is 0 Å². The van der Waals surface area contributed by atoms with Gasteiger partial charge < -0.3 is 21.1 Å². The van der Waals surface area contributed by atoms with E-state index in [0.29, 0.717) is 18.2 Å². The number of nitrogen functional groups attached to an aromatic ring is 2. The number of hydrogen-bond acceptors (Lipinski definition) is 6. The van der Waals surface area contributed by atoms with Crippen molar-refractivity contribution in [3.05, 3.63) is 6.07 Å². The van der Waals surface area contributed by atoms with E-state index in [2.05, 4.69) is 9.97 Å². The molecule has 0 aliphatic heterocycles. The summed E-state index contributed by atoms with van der Waals surface area (Å²) >= 11 is 0. The predicted octanol–water partition coefficient (Wildman–Crippen LogP) is -0.276. The first kappa shape index (κ1) is 10.5. The van der Waals surface area contributed by atoms with Gasteiger partial charge in [-0.25, -0.2) is 0 Å². The van der Waals surface area contributed by atoms with Crippen molar-refractivity contribution in [2.24, 2.45) is 0 Å². The monoisotopic (exact) mass is 197 g/mol. The lowest BCUT2D eigenvalue weighted by Gasteiger charge is -2.17. The number of anilines is 3. The van der Waals surface area contributed by atoms with E-state index in [9.17, 15) is 0 Å². The molecule has 0 saturated carbocycles. The maximum atomic E-state index is 5.54. The Morgan fingerprint density at radius 2 is 2.14 bits per heavy atom. The summed E-state index contributed by atoms with van der Waals surface area (Å²) in [5.41, 5.74) is 11.0. The van der Waals surface area contributed by atoms with Gasteiger partial charge in [0.25, 0.3) is 0 Å². The van der Waals surface area contributed by atoms with Crippen LogP contribution in [0.5, 0.6) is 0 Å². The van der Waals surface area contributed by atoms with E-state index < -0.39 is 0 Å². The summed E-state index contributed by atoms with van der Waals surface area (Å²) in [6.45, 7) is 1.35. The summed E-state index contributed by atoms with van der Waals surface area (Å²) in [5, 5.41) is 0. The van der Waals surface area contributed by atoms with Crippen LogP contribution in [-0.2, 0) is 4.74 Å². The summed E-state index contributed by atoms with van der Waals surface area (Å²) in [7, 11) is 3.54. The van der Waals surface area contributed by atoms with E-state index in [-0.39, 0.29) is 5.95 Å². The van der Waals surface area contributed by atoms with E-state index in [4.69, 9.17) is 16.2 Å². The van der Waals surface area contributed by atoms with Crippen LogP contribution in [0.15, 0.2) is 6.07 Å². The zero-order valence-electron chi connectivity index (χ0n) is 8.40. The zero-order chi connectivity index (χ0) is 10.6.